The first-order chi connectivity index (χ1) is 9.15. The molecule has 4 heteroatoms. The predicted octanol–water partition coefficient (Wildman–Crippen LogP) is 4.02. The summed E-state index contributed by atoms with van der Waals surface area (Å²) in [4.78, 5) is 12.2. The number of benzene rings is 2. The van der Waals surface area contributed by atoms with E-state index in [1.54, 1.807) is 12.1 Å². The summed E-state index contributed by atoms with van der Waals surface area (Å²) in [7, 11) is 0. The fourth-order valence-electron chi connectivity index (χ4n) is 1.88. The van der Waals surface area contributed by atoms with Gasteiger partial charge in [-0.1, -0.05) is 29.8 Å². The van der Waals surface area contributed by atoms with Crippen LogP contribution in [0.4, 0.5) is 0 Å². The highest BCUT2D eigenvalue weighted by atomic mass is 35.5. The van der Waals surface area contributed by atoms with Crippen LogP contribution in [0.2, 0.25) is 5.02 Å². The van der Waals surface area contributed by atoms with Gasteiger partial charge < -0.3 is 9.52 Å². The van der Waals surface area contributed by atoms with Crippen LogP contribution in [-0.2, 0) is 0 Å². The van der Waals surface area contributed by atoms with Crippen LogP contribution in [0.1, 0.15) is 16.1 Å². The van der Waals surface area contributed by atoms with E-state index in [1.165, 1.54) is 18.2 Å². The maximum Gasteiger partial charge on any atom is 0.228 e. The number of rotatable bonds is 2. The molecule has 1 heterocycles. The quantitative estimate of drug-likeness (QED) is 0.717. The molecule has 0 fully saturated rings. The third kappa shape index (κ3) is 2.09. The summed E-state index contributed by atoms with van der Waals surface area (Å²) in [6, 6.07) is 13.4. The van der Waals surface area contributed by atoms with Crippen molar-refractivity contribution in [3.8, 4) is 5.75 Å². The van der Waals surface area contributed by atoms with Gasteiger partial charge >= 0.3 is 0 Å². The Bertz CT molecular complexity index is 741. The lowest BCUT2D eigenvalue weighted by atomic mass is 10.1. The van der Waals surface area contributed by atoms with E-state index in [4.69, 9.17) is 16.0 Å². The molecule has 0 saturated heterocycles. The molecule has 3 rings (SSSR count). The maximum atomic E-state index is 12.2. The number of carbonyl (C=O) groups is 1. The van der Waals surface area contributed by atoms with E-state index < -0.39 is 0 Å². The Morgan fingerprint density at radius 2 is 1.89 bits per heavy atom. The van der Waals surface area contributed by atoms with Crippen molar-refractivity contribution in [2.75, 3.05) is 0 Å². The maximum absolute atomic E-state index is 12.2. The zero-order valence-electron chi connectivity index (χ0n) is 9.76. The standard InChI is InChI=1S/C15H9ClO3/c16-11-7-10(5-6-12(11)17)15(18)14-8-9-3-1-2-4-13(9)19-14/h1-8,17H. The normalized spacial score (nSPS) is 10.8. The molecule has 3 aromatic rings. The zero-order chi connectivity index (χ0) is 13.4. The van der Waals surface area contributed by atoms with Gasteiger partial charge in [0.2, 0.25) is 5.78 Å². The summed E-state index contributed by atoms with van der Waals surface area (Å²) >= 11 is 5.79. The summed E-state index contributed by atoms with van der Waals surface area (Å²) in [5.74, 6) is -0.0659. The van der Waals surface area contributed by atoms with Gasteiger partial charge in [0.15, 0.2) is 5.76 Å². The van der Waals surface area contributed by atoms with Crippen LogP contribution in [-0.4, -0.2) is 10.9 Å². The predicted molar refractivity (Wildman–Crippen MR) is 72.8 cm³/mol. The molecule has 0 unspecified atom stereocenters. The highest BCUT2D eigenvalue weighted by Crippen LogP contribution is 2.26. The number of aromatic hydroxyl groups is 1. The Morgan fingerprint density at radius 3 is 2.63 bits per heavy atom. The smallest absolute Gasteiger partial charge is 0.228 e. The summed E-state index contributed by atoms with van der Waals surface area (Å²) in [5.41, 5.74) is 1.04. The minimum absolute atomic E-state index is 0.0529. The average Bonchev–Trinajstić information content (AvgIpc) is 2.85. The molecule has 19 heavy (non-hydrogen) atoms. The minimum atomic E-state index is -0.266. The Balaban J connectivity index is 2.05. The summed E-state index contributed by atoms with van der Waals surface area (Å²) < 4.78 is 5.50. The SMILES string of the molecule is O=C(c1ccc(O)c(Cl)c1)c1cc2ccccc2o1. The van der Waals surface area contributed by atoms with Crippen LogP contribution in [0.15, 0.2) is 52.9 Å². The van der Waals surface area contributed by atoms with Gasteiger partial charge in [0, 0.05) is 10.9 Å². The van der Waals surface area contributed by atoms with E-state index in [9.17, 15) is 9.90 Å². The van der Waals surface area contributed by atoms with Gasteiger partial charge in [-0.2, -0.15) is 0 Å². The number of ketones is 1. The third-order valence-electron chi connectivity index (χ3n) is 2.86. The molecule has 0 spiro atoms. The highest BCUT2D eigenvalue weighted by molar-refractivity contribution is 6.32. The van der Waals surface area contributed by atoms with Crippen molar-refractivity contribution in [1.29, 1.82) is 0 Å². The lowest BCUT2D eigenvalue weighted by Crippen LogP contribution is -1.99. The van der Waals surface area contributed by atoms with Crippen molar-refractivity contribution in [1.82, 2.24) is 0 Å². The van der Waals surface area contributed by atoms with Crippen molar-refractivity contribution in [2.45, 2.75) is 0 Å². The Morgan fingerprint density at radius 1 is 1.11 bits per heavy atom. The summed E-state index contributed by atoms with van der Waals surface area (Å²) in [6.07, 6.45) is 0. The van der Waals surface area contributed by atoms with Crippen LogP contribution in [0.3, 0.4) is 0 Å². The van der Waals surface area contributed by atoms with Crippen molar-refractivity contribution >= 4 is 28.4 Å². The van der Waals surface area contributed by atoms with Crippen molar-refractivity contribution < 1.29 is 14.3 Å². The van der Waals surface area contributed by atoms with Crippen LogP contribution in [0.25, 0.3) is 11.0 Å². The van der Waals surface area contributed by atoms with E-state index >= 15 is 0 Å². The second kappa shape index (κ2) is 4.44. The molecular formula is C15H9ClO3. The molecule has 0 aliphatic carbocycles. The summed E-state index contributed by atoms with van der Waals surface area (Å²) in [5, 5.41) is 10.4. The molecule has 1 N–H and O–H groups in total. The lowest BCUT2D eigenvalue weighted by Gasteiger charge is -2.00. The number of fused-ring (bicyclic) bond motifs is 1. The van der Waals surface area contributed by atoms with Crippen molar-refractivity contribution in [2.24, 2.45) is 0 Å². The largest absolute Gasteiger partial charge is 0.506 e. The highest BCUT2D eigenvalue weighted by Gasteiger charge is 2.15. The Labute approximate surface area is 114 Å². The van der Waals surface area contributed by atoms with Crippen LogP contribution in [0.5, 0.6) is 5.75 Å². The van der Waals surface area contributed by atoms with Crippen LogP contribution >= 0.6 is 11.6 Å². The molecule has 0 aliphatic heterocycles. The van der Waals surface area contributed by atoms with E-state index in [0.717, 1.165) is 5.39 Å². The number of carbonyl (C=O) groups excluding carboxylic acids is 1. The first-order valence-electron chi connectivity index (χ1n) is 5.67. The number of phenolic OH excluding ortho intramolecular Hbond substituents is 1. The molecule has 0 saturated carbocycles. The zero-order valence-corrected chi connectivity index (χ0v) is 10.5. The first kappa shape index (κ1) is 11.8. The number of halogens is 1. The number of furan rings is 1. The molecule has 3 nitrogen and oxygen atoms in total. The number of phenols is 1. The topological polar surface area (TPSA) is 50.4 Å². The Kier molecular flexibility index (Phi) is 2.76. The molecule has 0 aliphatic rings. The van der Waals surface area contributed by atoms with Gasteiger partial charge in [-0.25, -0.2) is 0 Å². The van der Waals surface area contributed by atoms with Crippen molar-refractivity contribution in [3.05, 3.63) is 64.9 Å². The molecule has 1 aromatic heterocycles. The van der Waals surface area contributed by atoms with Gasteiger partial charge in [0.25, 0.3) is 0 Å². The fraction of sp³-hybridized carbons (Fsp3) is 0. The van der Waals surface area contributed by atoms with E-state index in [1.807, 2.05) is 18.2 Å². The van der Waals surface area contributed by atoms with Gasteiger partial charge in [-0.05, 0) is 30.3 Å². The lowest BCUT2D eigenvalue weighted by molar-refractivity contribution is 0.101. The van der Waals surface area contributed by atoms with Gasteiger partial charge in [-0.15, -0.1) is 0 Å². The molecule has 0 amide bonds. The molecule has 0 atom stereocenters. The average molecular weight is 273 g/mol. The second-order valence-corrected chi connectivity index (χ2v) is 4.55. The van der Waals surface area contributed by atoms with E-state index in [-0.39, 0.29) is 22.3 Å². The van der Waals surface area contributed by atoms with Gasteiger partial charge in [0.1, 0.15) is 11.3 Å². The van der Waals surface area contributed by atoms with Crippen molar-refractivity contribution in [3.63, 3.8) is 0 Å². The molecule has 2 aromatic carbocycles. The molecular weight excluding hydrogens is 264 g/mol. The fourth-order valence-corrected chi connectivity index (χ4v) is 2.06. The summed E-state index contributed by atoms with van der Waals surface area (Å²) in [6.45, 7) is 0. The third-order valence-corrected chi connectivity index (χ3v) is 3.16. The van der Waals surface area contributed by atoms with Gasteiger partial charge in [0.05, 0.1) is 5.02 Å². The Hall–Kier alpha value is -2.26. The number of hydrogen-bond donors (Lipinski definition) is 1. The van der Waals surface area contributed by atoms with Gasteiger partial charge in [-0.3, -0.25) is 4.79 Å². The molecule has 0 radical (unpaired) electrons. The molecule has 0 bridgehead atoms. The van der Waals surface area contributed by atoms with E-state index in [0.29, 0.717) is 11.1 Å². The van der Waals surface area contributed by atoms with Crippen LogP contribution < -0.4 is 0 Å². The van der Waals surface area contributed by atoms with E-state index in [2.05, 4.69) is 0 Å². The second-order valence-electron chi connectivity index (χ2n) is 4.14. The molecule has 94 valence electrons. The number of para-hydroxylation sites is 1. The van der Waals surface area contributed by atoms with Crippen LogP contribution in [0, 0.1) is 0 Å². The first-order valence-corrected chi connectivity index (χ1v) is 6.05. The monoisotopic (exact) mass is 272 g/mol. The number of hydrogen-bond acceptors (Lipinski definition) is 3. The minimum Gasteiger partial charge on any atom is -0.506 e.